The highest BCUT2D eigenvalue weighted by atomic mass is 35.5. The van der Waals surface area contributed by atoms with E-state index in [2.05, 4.69) is 4.98 Å². The summed E-state index contributed by atoms with van der Waals surface area (Å²) in [6.07, 6.45) is 0. The van der Waals surface area contributed by atoms with Crippen LogP contribution in [0.15, 0.2) is 30.3 Å². The highest BCUT2D eigenvalue weighted by molar-refractivity contribution is 6.30. The van der Waals surface area contributed by atoms with Gasteiger partial charge in [-0.2, -0.15) is 0 Å². The molecule has 0 aliphatic heterocycles. The molecule has 2 aromatic rings. The third-order valence-corrected chi connectivity index (χ3v) is 3.14. The second kappa shape index (κ2) is 5.38. The summed E-state index contributed by atoms with van der Waals surface area (Å²) in [5.74, 6) is -0.249. The molecular weight excluding hydrogens is 280 g/mol. The van der Waals surface area contributed by atoms with Crippen molar-refractivity contribution in [2.24, 2.45) is 0 Å². The van der Waals surface area contributed by atoms with Crippen molar-refractivity contribution < 1.29 is 9.72 Å². The van der Waals surface area contributed by atoms with Crippen LogP contribution in [0.25, 0.3) is 11.3 Å². The van der Waals surface area contributed by atoms with Crippen molar-refractivity contribution in [1.29, 1.82) is 0 Å². The van der Waals surface area contributed by atoms with Gasteiger partial charge < -0.3 is 0 Å². The average Bonchev–Trinajstić information content (AvgIpc) is 2.38. The minimum absolute atomic E-state index is 0.192. The average molecular weight is 291 g/mol. The van der Waals surface area contributed by atoms with Crippen LogP contribution < -0.4 is 0 Å². The molecule has 102 valence electrons. The number of benzene rings is 1. The molecule has 0 N–H and O–H groups in total. The summed E-state index contributed by atoms with van der Waals surface area (Å²) >= 11 is 5.80. The number of pyridine rings is 1. The number of Topliss-reactive ketones (excluding diaryl/α,β-unsaturated/α-hetero) is 1. The normalized spacial score (nSPS) is 10.3. The maximum atomic E-state index is 11.5. The minimum atomic E-state index is -0.539. The van der Waals surface area contributed by atoms with Gasteiger partial charge in [-0.1, -0.05) is 23.7 Å². The van der Waals surface area contributed by atoms with Gasteiger partial charge in [0.05, 0.1) is 4.92 Å². The zero-order valence-electron chi connectivity index (χ0n) is 10.9. The van der Waals surface area contributed by atoms with Crippen LogP contribution in [0.3, 0.4) is 0 Å². The van der Waals surface area contributed by atoms with Crippen molar-refractivity contribution >= 4 is 23.1 Å². The van der Waals surface area contributed by atoms with Crippen LogP contribution in [-0.2, 0) is 0 Å². The molecule has 1 heterocycles. The highest BCUT2D eigenvalue weighted by Crippen LogP contribution is 2.30. The fourth-order valence-electron chi connectivity index (χ4n) is 1.91. The van der Waals surface area contributed by atoms with E-state index in [1.54, 1.807) is 31.2 Å². The number of aromatic nitrogens is 1. The molecule has 5 nitrogen and oxygen atoms in total. The lowest BCUT2D eigenvalue weighted by Gasteiger charge is -2.07. The molecule has 1 aromatic carbocycles. The van der Waals surface area contributed by atoms with Crippen LogP contribution in [0.5, 0.6) is 0 Å². The summed E-state index contributed by atoms with van der Waals surface area (Å²) in [4.78, 5) is 26.3. The number of carbonyl (C=O) groups excluding carboxylic acids is 1. The Kier molecular flexibility index (Phi) is 3.81. The number of nitrogens with zero attached hydrogens (tertiary/aromatic N) is 2. The summed E-state index contributed by atoms with van der Waals surface area (Å²) in [5.41, 5.74) is 1.35. The van der Waals surface area contributed by atoms with E-state index in [0.29, 0.717) is 16.3 Å². The Bertz CT molecular complexity index is 696. The molecule has 0 spiro atoms. The second-order valence-electron chi connectivity index (χ2n) is 4.31. The van der Waals surface area contributed by atoms with Gasteiger partial charge in [0, 0.05) is 27.9 Å². The number of rotatable bonds is 3. The molecule has 1 aromatic heterocycles. The van der Waals surface area contributed by atoms with E-state index >= 15 is 0 Å². The SMILES string of the molecule is CC(=O)c1cc([N+](=O)[O-])c(-c2ccc(Cl)cc2)nc1C. The van der Waals surface area contributed by atoms with Gasteiger partial charge in [0.2, 0.25) is 0 Å². The highest BCUT2D eigenvalue weighted by Gasteiger charge is 2.21. The summed E-state index contributed by atoms with van der Waals surface area (Å²) < 4.78 is 0. The molecular formula is C14H11ClN2O3. The lowest BCUT2D eigenvalue weighted by Crippen LogP contribution is -2.04. The summed E-state index contributed by atoms with van der Waals surface area (Å²) in [6.45, 7) is 3.01. The predicted molar refractivity (Wildman–Crippen MR) is 76.1 cm³/mol. The van der Waals surface area contributed by atoms with Gasteiger partial charge in [-0.05, 0) is 26.0 Å². The van der Waals surface area contributed by atoms with Gasteiger partial charge in [-0.3, -0.25) is 14.9 Å². The lowest BCUT2D eigenvalue weighted by molar-refractivity contribution is -0.384. The van der Waals surface area contributed by atoms with Crippen LogP contribution in [0, 0.1) is 17.0 Å². The van der Waals surface area contributed by atoms with E-state index in [-0.39, 0.29) is 22.7 Å². The Balaban J connectivity index is 2.69. The number of ketones is 1. The first-order valence-electron chi connectivity index (χ1n) is 5.83. The van der Waals surface area contributed by atoms with E-state index in [9.17, 15) is 14.9 Å². The van der Waals surface area contributed by atoms with Crippen molar-refractivity contribution in [2.45, 2.75) is 13.8 Å². The van der Waals surface area contributed by atoms with Crippen molar-refractivity contribution in [3.8, 4) is 11.3 Å². The van der Waals surface area contributed by atoms with Gasteiger partial charge in [0.15, 0.2) is 5.78 Å². The molecule has 6 heteroatoms. The number of aryl methyl sites for hydroxylation is 1. The third-order valence-electron chi connectivity index (χ3n) is 2.89. The minimum Gasteiger partial charge on any atom is -0.294 e. The van der Waals surface area contributed by atoms with Crippen molar-refractivity contribution in [1.82, 2.24) is 4.98 Å². The number of hydrogen-bond donors (Lipinski definition) is 0. The molecule has 0 unspecified atom stereocenters. The molecule has 0 aliphatic rings. The van der Waals surface area contributed by atoms with Gasteiger partial charge in [-0.25, -0.2) is 4.98 Å². The van der Waals surface area contributed by atoms with E-state index in [4.69, 9.17) is 11.6 Å². The fraction of sp³-hybridized carbons (Fsp3) is 0.143. The Labute approximate surface area is 120 Å². The maximum Gasteiger partial charge on any atom is 0.296 e. The smallest absolute Gasteiger partial charge is 0.294 e. The standard InChI is InChI=1S/C14H11ClN2O3/c1-8-12(9(2)18)7-13(17(19)20)14(16-8)10-3-5-11(15)6-4-10/h3-7H,1-2H3. The molecule has 0 atom stereocenters. The third kappa shape index (κ3) is 2.67. The number of hydrogen-bond acceptors (Lipinski definition) is 4. The second-order valence-corrected chi connectivity index (χ2v) is 4.75. The quantitative estimate of drug-likeness (QED) is 0.489. The van der Waals surface area contributed by atoms with Gasteiger partial charge >= 0.3 is 0 Å². The predicted octanol–water partition coefficient (Wildman–Crippen LogP) is 3.82. The van der Waals surface area contributed by atoms with E-state index < -0.39 is 4.92 Å². The zero-order valence-corrected chi connectivity index (χ0v) is 11.6. The molecule has 0 fully saturated rings. The van der Waals surface area contributed by atoms with E-state index in [1.807, 2.05) is 0 Å². The number of carbonyl (C=O) groups is 1. The van der Waals surface area contributed by atoms with Gasteiger partial charge in [0.25, 0.3) is 5.69 Å². The molecule has 20 heavy (non-hydrogen) atoms. The van der Waals surface area contributed by atoms with Crippen molar-refractivity contribution in [2.75, 3.05) is 0 Å². The van der Waals surface area contributed by atoms with Crippen LogP contribution in [0.4, 0.5) is 5.69 Å². The van der Waals surface area contributed by atoms with Gasteiger partial charge in [-0.15, -0.1) is 0 Å². The molecule has 0 radical (unpaired) electrons. The molecule has 2 rings (SSSR count). The van der Waals surface area contributed by atoms with E-state index in [1.165, 1.54) is 13.0 Å². The Morgan fingerprint density at radius 3 is 2.40 bits per heavy atom. The summed E-state index contributed by atoms with van der Waals surface area (Å²) in [5, 5.41) is 11.7. The molecule has 0 saturated heterocycles. The monoisotopic (exact) mass is 290 g/mol. The fourth-order valence-corrected chi connectivity index (χ4v) is 2.04. The van der Waals surface area contributed by atoms with Crippen LogP contribution in [0.1, 0.15) is 23.0 Å². The van der Waals surface area contributed by atoms with Gasteiger partial charge in [0.1, 0.15) is 5.69 Å². The van der Waals surface area contributed by atoms with Crippen LogP contribution in [-0.4, -0.2) is 15.7 Å². The topological polar surface area (TPSA) is 73.1 Å². The zero-order chi connectivity index (χ0) is 14.9. The summed E-state index contributed by atoms with van der Waals surface area (Å²) in [7, 11) is 0. The molecule has 0 saturated carbocycles. The largest absolute Gasteiger partial charge is 0.296 e. The number of halogens is 1. The van der Waals surface area contributed by atoms with Crippen LogP contribution in [0.2, 0.25) is 5.02 Å². The van der Waals surface area contributed by atoms with Crippen LogP contribution >= 0.6 is 11.6 Å². The molecule has 0 aliphatic carbocycles. The number of nitro groups is 1. The lowest BCUT2D eigenvalue weighted by atomic mass is 10.0. The first-order valence-corrected chi connectivity index (χ1v) is 6.21. The van der Waals surface area contributed by atoms with E-state index in [0.717, 1.165) is 0 Å². The first kappa shape index (κ1) is 14.1. The Morgan fingerprint density at radius 2 is 1.90 bits per heavy atom. The van der Waals surface area contributed by atoms with Crippen molar-refractivity contribution in [3.05, 3.63) is 56.7 Å². The van der Waals surface area contributed by atoms with Crippen molar-refractivity contribution in [3.63, 3.8) is 0 Å². The Morgan fingerprint density at radius 1 is 1.30 bits per heavy atom. The Hall–Kier alpha value is -2.27. The summed E-state index contributed by atoms with van der Waals surface area (Å²) in [6, 6.07) is 7.86. The maximum absolute atomic E-state index is 11.5. The molecule has 0 bridgehead atoms. The molecule has 0 amide bonds. The first-order chi connectivity index (χ1) is 9.40.